The zero-order chi connectivity index (χ0) is 20.2. The van der Waals surface area contributed by atoms with Crippen molar-refractivity contribution in [3.63, 3.8) is 0 Å². The van der Waals surface area contributed by atoms with Gasteiger partial charge in [0.2, 0.25) is 0 Å². The molecule has 0 aliphatic carbocycles. The number of ether oxygens (including phenoxy) is 1. The van der Waals surface area contributed by atoms with Gasteiger partial charge in [-0.25, -0.2) is 0 Å². The molecule has 0 aliphatic rings. The fourth-order valence-corrected chi connectivity index (χ4v) is 2.91. The molecular weight excluding hydrogens is 415 g/mol. The maximum absolute atomic E-state index is 12.4. The van der Waals surface area contributed by atoms with Crippen LogP contribution in [0.3, 0.4) is 0 Å². The first-order chi connectivity index (χ1) is 14.1. The summed E-state index contributed by atoms with van der Waals surface area (Å²) in [6, 6.07) is 13.7. The number of hydrogen-bond donors (Lipinski definition) is 2. The van der Waals surface area contributed by atoms with Crippen molar-refractivity contribution in [3.05, 3.63) is 82.5 Å². The van der Waals surface area contributed by atoms with Gasteiger partial charge in [-0.15, -0.1) is 0 Å². The summed E-state index contributed by atoms with van der Waals surface area (Å²) < 4.78 is 11.1. The van der Waals surface area contributed by atoms with E-state index in [1.54, 1.807) is 48.8 Å². The third kappa shape index (κ3) is 4.42. The molecule has 3 heterocycles. The molecule has 2 N–H and O–H groups in total. The summed E-state index contributed by atoms with van der Waals surface area (Å²) in [5, 5.41) is 10.4. The maximum atomic E-state index is 12.4. The minimum Gasteiger partial charge on any atom is -0.484 e. The van der Waals surface area contributed by atoms with E-state index in [-0.39, 0.29) is 12.4 Å². The van der Waals surface area contributed by atoms with Crippen LogP contribution in [-0.2, 0) is 6.61 Å². The Labute approximate surface area is 175 Å². The Morgan fingerprint density at radius 2 is 1.97 bits per heavy atom. The van der Waals surface area contributed by atoms with E-state index in [1.807, 2.05) is 12.1 Å². The second kappa shape index (κ2) is 8.38. The van der Waals surface area contributed by atoms with E-state index < -0.39 is 5.91 Å². The lowest BCUT2D eigenvalue weighted by atomic mass is 10.2. The highest BCUT2D eigenvalue weighted by atomic mass is 35.5. The molecule has 0 saturated heterocycles. The first-order valence-corrected chi connectivity index (χ1v) is 9.28. The molecule has 0 unspecified atom stereocenters. The molecule has 29 heavy (non-hydrogen) atoms. The van der Waals surface area contributed by atoms with Crippen LogP contribution < -0.4 is 10.1 Å². The summed E-state index contributed by atoms with van der Waals surface area (Å²) in [4.78, 5) is 16.4. The predicted octanol–water partition coefficient (Wildman–Crippen LogP) is 5.20. The number of H-pyrrole nitrogens is 1. The second-order valence-corrected chi connectivity index (χ2v) is 6.75. The van der Waals surface area contributed by atoms with Crippen molar-refractivity contribution in [1.29, 1.82) is 0 Å². The highest BCUT2D eigenvalue weighted by molar-refractivity contribution is 6.42. The number of hydrogen-bond acceptors (Lipinski definition) is 5. The van der Waals surface area contributed by atoms with Gasteiger partial charge in [-0.2, -0.15) is 5.10 Å². The van der Waals surface area contributed by atoms with Gasteiger partial charge in [0.25, 0.3) is 5.91 Å². The molecule has 0 radical (unpaired) electrons. The summed E-state index contributed by atoms with van der Waals surface area (Å²) in [5.74, 6) is 0.980. The van der Waals surface area contributed by atoms with Crippen molar-refractivity contribution in [2.45, 2.75) is 6.61 Å². The Morgan fingerprint density at radius 3 is 2.79 bits per heavy atom. The third-order valence-electron chi connectivity index (χ3n) is 3.98. The SMILES string of the molecule is O=C(Nc1cc(-c2ccncc2)[nH]n1)c1ccc(COc2cccc(Cl)c2Cl)o1. The molecule has 0 aliphatic heterocycles. The number of halogens is 2. The highest BCUT2D eigenvalue weighted by Gasteiger charge is 2.14. The largest absolute Gasteiger partial charge is 0.484 e. The van der Waals surface area contributed by atoms with E-state index in [9.17, 15) is 4.79 Å². The van der Waals surface area contributed by atoms with E-state index in [2.05, 4.69) is 20.5 Å². The number of carbonyl (C=O) groups excluding carboxylic acids is 1. The number of aromatic nitrogens is 3. The first-order valence-electron chi connectivity index (χ1n) is 8.53. The van der Waals surface area contributed by atoms with E-state index in [0.717, 1.165) is 11.3 Å². The molecule has 0 fully saturated rings. The molecule has 146 valence electrons. The van der Waals surface area contributed by atoms with E-state index in [1.165, 1.54) is 0 Å². The van der Waals surface area contributed by atoms with Crippen molar-refractivity contribution in [2.75, 3.05) is 5.32 Å². The number of nitrogens with zero attached hydrogens (tertiary/aromatic N) is 2. The normalized spacial score (nSPS) is 10.7. The standard InChI is InChI=1S/C20H14Cl2N4O3/c21-14-2-1-3-16(19(14)22)28-11-13-4-5-17(29-13)20(27)24-18-10-15(25-26-18)12-6-8-23-9-7-12/h1-10H,11H2,(H2,24,25,26,27). The monoisotopic (exact) mass is 428 g/mol. The second-order valence-electron chi connectivity index (χ2n) is 5.96. The zero-order valence-electron chi connectivity index (χ0n) is 14.9. The van der Waals surface area contributed by atoms with Crippen molar-refractivity contribution in [2.24, 2.45) is 0 Å². The van der Waals surface area contributed by atoms with Gasteiger partial charge in [0.05, 0.1) is 10.7 Å². The number of pyridine rings is 1. The average molecular weight is 429 g/mol. The topological polar surface area (TPSA) is 93.0 Å². The number of furan rings is 1. The average Bonchev–Trinajstić information content (AvgIpc) is 3.39. The molecule has 4 aromatic rings. The number of amides is 1. The van der Waals surface area contributed by atoms with E-state index in [0.29, 0.717) is 27.4 Å². The minimum atomic E-state index is -0.426. The number of nitrogens with one attached hydrogen (secondary N) is 2. The summed E-state index contributed by atoms with van der Waals surface area (Å²) in [7, 11) is 0. The van der Waals surface area contributed by atoms with Crippen molar-refractivity contribution in [1.82, 2.24) is 15.2 Å². The van der Waals surface area contributed by atoms with Gasteiger partial charge in [0.1, 0.15) is 23.1 Å². The molecule has 0 atom stereocenters. The van der Waals surface area contributed by atoms with Gasteiger partial charge in [-0.3, -0.25) is 14.9 Å². The van der Waals surface area contributed by atoms with E-state index >= 15 is 0 Å². The van der Waals surface area contributed by atoms with Gasteiger partial charge < -0.3 is 14.5 Å². The van der Waals surface area contributed by atoms with Crippen molar-refractivity contribution in [3.8, 4) is 17.0 Å². The lowest BCUT2D eigenvalue weighted by Crippen LogP contribution is -2.11. The lowest BCUT2D eigenvalue weighted by Gasteiger charge is -2.07. The smallest absolute Gasteiger partial charge is 0.292 e. The van der Waals surface area contributed by atoms with Gasteiger partial charge in [-0.05, 0) is 36.4 Å². The minimum absolute atomic E-state index is 0.0991. The van der Waals surface area contributed by atoms with Gasteiger partial charge >= 0.3 is 0 Å². The summed E-state index contributed by atoms with van der Waals surface area (Å²) in [6.45, 7) is 0.0991. The Hall–Kier alpha value is -3.29. The lowest BCUT2D eigenvalue weighted by molar-refractivity contribution is 0.0992. The molecule has 0 saturated carbocycles. The van der Waals surface area contributed by atoms with Crippen molar-refractivity contribution < 1.29 is 13.9 Å². The van der Waals surface area contributed by atoms with Crippen LogP contribution in [-0.4, -0.2) is 21.1 Å². The van der Waals surface area contributed by atoms with Gasteiger partial charge in [0, 0.05) is 24.0 Å². The van der Waals surface area contributed by atoms with Gasteiger partial charge in [-0.1, -0.05) is 29.3 Å². The Morgan fingerprint density at radius 1 is 1.14 bits per heavy atom. The zero-order valence-corrected chi connectivity index (χ0v) is 16.4. The highest BCUT2D eigenvalue weighted by Crippen LogP contribution is 2.32. The quantitative estimate of drug-likeness (QED) is 0.439. The molecule has 3 aromatic heterocycles. The molecule has 7 nitrogen and oxygen atoms in total. The Kier molecular flexibility index (Phi) is 5.50. The molecule has 0 spiro atoms. The number of aromatic amines is 1. The number of carbonyl (C=O) groups is 1. The summed E-state index contributed by atoms with van der Waals surface area (Å²) >= 11 is 12.0. The fourth-order valence-electron chi connectivity index (χ4n) is 2.56. The molecule has 1 aromatic carbocycles. The third-order valence-corrected chi connectivity index (χ3v) is 4.78. The fraction of sp³-hybridized carbons (Fsp3) is 0.0500. The number of rotatable bonds is 6. The van der Waals surface area contributed by atoms with Crippen molar-refractivity contribution >= 4 is 34.9 Å². The van der Waals surface area contributed by atoms with Crippen LogP contribution in [0.4, 0.5) is 5.82 Å². The van der Waals surface area contributed by atoms with Crippen LogP contribution in [0.1, 0.15) is 16.3 Å². The van der Waals surface area contributed by atoms with Crippen LogP contribution in [0, 0.1) is 0 Å². The molecule has 0 bridgehead atoms. The predicted molar refractivity (Wildman–Crippen MR) is 109 cm³/mol. The van der Waals surface area contributed by atoms with Crippen LogP contribution in [0.2, 0.25) is 10.0 Å². The Balaban J connectivity index is 1.38. The number of anilines is 1. The Bertz CT molecular complexity index is 1140. The maximum Gasteiger partial charge on any atom is 0.292 e. The van der Waals surface area contributed by atoms with Crippen LogP contribution in [0.25, 0.3) is 11.3 Å². The van der Waals surface area contributed by atoms with Crippen LogP contribution in [0.5, 0.6) is 5.75 Å². The molecule has 9 heteroatoms. The number of benzene rings is 1. The van der Waals surface area contributed by atoms with Crippen LogP contribution in [0.15, 0.2) is 65.3 Å². The first kappa shape index (κ1) is 19.0. The molecule has 1 amide bonds. The van der Waals surface area contributed by atoms with Crippen LogP contribution >= 0.6 is 23.2 Å². The molecular formula is C20H14Cl2N4O3. The summed E-state index contributed by atoms with van der Waals surface area (Å²) in [6.07, 6.45) is 3.36. The van der Waals surface area contributed by atoms with E-state index in [4.69, 9.17) is 32.4 Å². The summed E-state index contributed by atoms with van der Waals surface area (Å²) in [5.41, 5.74) is 1.67. The van der Waals surface area contributed by atoms with Gasteiger partial charge in [0.15, 0.2) is 11.6 Å². The molecule has 4 rings (SSSR count).